The average molecular weight is 382 g/mol. The van der Waals surface area contributed by atoms with Crippen molar-refractivity contribution in [2.75, 3.05) is 13.7 Å². The summed E-state index contributed by atoms with van der Waals surface area (Å²) in [6.45, 7) is 3.39. The summed E-state index contributed by atoms with van der Waals surface area (Å²) in [6, 6.07) is 0. The van der Waals surface area contributed by atoms with E-state index in [1.807, 2.05) is 0 Å². The van der Waals surface area contributed by atoms with E-state index in [0.29, 0.717) is 25.9 Å². The normalized spacial score (nSPS) is 31.5. The number of carbonyl (C=O) groups excluding carboxylic acids is 4. The van der Waals surface area contributed by atoms with E-state index in [9.17, 15) is 19.2 Å². The molecular formula is C18H20ClNO6. The van der Waals surface area contributed by atoms with Crippen molar-refractivity contribution in [3.05, 3.63) is 22.4 Å². The van der Waals surface area contributed by atoms with Crippen LogP contribution >= 0.6 is 11.6 Å². The van der Waals surface area contributed by atoms with Gasteiger partial charge in [-0.3, -0.25) is 19.2 Å². The van der Waals surface area contributed by atoms with Crippen molar-refractivity contribution in [3.8, 4) is 0 Å². The van der Waals surface area contributed by atoms with Crippen LogP contribution in [0.3, 0.4) is 0 Å². The summed E-state index contributed by atoms with van der Waals surface area (Å²) >= 11 is 6.21. The van der Waals surface area contributed by atoms with Gasteiger partial charge in [-0.2, -0.15) is 0 Å². The summed E-state index contributed by atoms with van der Waals surface area (Å²) in [6.07, 6.45) is 3.14. The third-order valence-corrected chi connectivity index (χ3v) is 5.41. The molecule has 0 aromatic rings. The number of esters is 1. The number of ketones is 3. The smallest absolute Gasteiger partial charge is 0.307 e. The molecule has 2 heterocycles. The molecule has 26 heavy (non-hydrogen) atoms. The first-order valence-electron chi connectivity index (χ1n) is 8.54. The van der Waals surface area contributed by atoms with Gasteiger partial charge in [0.15, 0.2) is 0 Å². The van der Waals surface area contributed by atoms with Gasteiger partial charge in [-0.1, -0.05) is 18.5 Å². The van der Waals surface area contributed by atoms with Crippen LogP contribution in [0.15, 0.2) is 22.4 Å². The Morgan fingerprint density at radius 3 is 2.58 bits per heavy atom. The van der Waals surface area contributed by atoms with Gasteiger partial charge in [0.25, 0.3) is 0 Å². The van der Waals surface area contributed by atoms with Gasteiger partial charge in [0.05, 0.1) is 17.8 Å². The predicted octanol–water partition coefficient (Wildman–Crippen LogP) is 1.64. The molecular weight excluding hydrogens is 362 g/mol. The van der Waals surface area contributed by atoms with Gasteiger partial charge in [0, 0.05) is 26.1 Å². The summed E-state index contributed by atoms with van der Waals surface area (Å²) < 4.78 is 10.8. The van der Waals surface area contributed by atoms with Crippen LogP contribution in [0.2, 0.25) is 0 Å². The van der Waals surface area contributed by atoms with Gasteiger partial charge >= 0.3 is 5.97 Å². The Morgan fingerprint density at radius 1 is 1.31 bits per heavy atom. The van der Waals surface area contributed by atoms with Crippen molar-refractivity contribution in [1.29, 1.82) is 0 Å². The third-order valence-electron chi connectivity index (χ3n) is 5.05. The number of nitrogens with zero attached hydrogens (tertiary/aromatic N) is 1. The molecule has 3 rings (SSSR count). The standard InChI is InChI=1S/C18H20ClNO6/c1-4-6-11(21)26-17(2)14(22)10-9-20(3)18(7-5-8-25-18)15(23)12(10)13(19)16(17)24/h9H,4-8H2,1-3H3/t17-,18-/m0/s1. The van der Waals surface area contributed by atoms with Crippen LogP contribution in [-0.2, 0) is 28.7 Å². The van der Waals surface area contributed by atoms with E-state index in [0.717, 1.165) is 0 Å². The molecule has 0 aromatic carbocycles. The highest BCUT2D eigenvalue weighted by Gasteiger charge is 2.59. The quantitative estimate of drug-likeness (QED) is 0.542. The van der Waals surface area contributed by atoms with Crippen molar-refractivity contribution in [3.63, 3.8) is 0 Å². The molecule has 2 aliphatic heterocycles. The molecule has 1 aliphatic carbocycles. The molecule has 0 bridgehead atoms. The molecule has 1 saturated heterocycles. The first kappa shape index (κ1) is 18.8. The molecule has 140 valence electrons. The van der Waals surface area contributed by atoms with Gasteiger partial charge in [-0.25, -0.2) is 0 Å². The third kappa shape index (κ3) is 2.45. The van der Waals surface area contributed by atoms with E-state index < -0.39 is 39.7 Å². The Balaban J connectivity index is 2.09. The molecule has 3 aliphatic rings. The number of Topliss-reactive ketones (excluding diaryl/α,β-unsaturated/α-hetero) is 3. The number of halogens is 1. The summed E-state index contributed by atoms with van der Waals surface area (Å²) in [5.41, 5.74) is -3.49. The summed E-state index contributed by atoms with van der Waals surface area (Å²) in [5, 5.41) is -0.393. The van der Waals surface area contributed by atoms with E-state index in [4.69, 9.17) is 21.1 Å². The first-order chi connectivity index (χ1) is 12.2. The SMILES string of the molecule is CCCC(=O)O[C@@]1(C)C(=O)C2=CN(C)[C@]3(CCCO3)C(=O)C2=C(Cl)C1=O. The Hall–Kier alpha value is -1.99. The lowest BCUT2D eigenvalue weighted by Crippen LogP contribution is -2.59. The maximum absolute atomic E-state index is 13.1. The lowest BCUT2D eigenvalue weighted by molar-refractivity contribution is -0.170. The zero-order valence-corrected chi connectivity index (χ0v) is 15.6. The minimum Gasteiger partial charge on any atom is -0.442 e. The second-order valence-corrected chi connectivity index (χ2v) is 7.20. The molecule has 0 radical (unpaired) electrons. The minimum atomic E-state index is -2.07. The van der Waals surface area contributed by atoms with E-state index in [-0.39, 0.29) is 17.6 Å². The zero-order chi connectivity index (χ0) is 19.3. The maximum Gasteiger partial charge on any atom is 0.307 e. The summed E-state index contributed by atoms with van der Waals surface area (Å²) in [4.78, 5) is 52.3. The van der Waals surface area contributed by atoms with Crippen LogP contribution in [0.25, 0.3) is 0 Å². The molecule has 7 nitrogen and oxygen atoms in total. The molecule has 0 saturated carbocycles. The molecule has 0 unspecified atom stereocenters. The number of hydrogen-bond acceptors (Lipinski definition) is 7. The van der Waals surface area contributed by atoms with Gasteiger partial charge in [-0.05, 0) is 19.8 Å². The Bertz CT molecular complexity index is 777. The van der Waals surface area contributed by atoms with Crippen molar-refractivity contribution < 1.29 is 28.7 Å². The maximum atomic E-state index is 13.1. The van der Waals surface area contributed by atoms with Crippen LogP contribution in [0.4, 0.5) is 0 Å². The van der Waals surface area contributed by atoms with Crippen LogP contribution in [0.1, 0.15) is 39.5 Å². The van der Waals surface area contributed by atoms with Gasteiger partial charge in [0.1, 0.15) is 5.03 Å². The molecule has 0 N–H and O–H groups in total. The molecule has 1 spiro atoms. The van der Waals surface area contributed by atoms with Gasteiger partial charge in [0.2, 0.25) is 28.7 Å². The van der Waals surface area contributed by atoms with E-state index in [1.165, 1.54) is 18.0 Å². The summed E-state index contributed by atoms with van der Waals surface area (Å²) in [5.74, 6) is -2.81. The molecule has 8 heteroatoms. The predicted molar refractivity (Wildman–Crippen MR) is 91.1 cm³/mol. The van der Waals surface area contributed by atoms with Crippen molar-refractivity contribution >= 4 is 34.9 Å². The molecule has 1 fully saturated rings. The van der Waals surface area contributed by atoms with E-state index in [2.05, 4.69) is 0 Å². The van der Waals surface area contributed by atoms with Crippen molar-refractivity contribution in [1.82, 2.24) is 4.90 Å². The Labute approximate surface area is 155 Å². The number of ether oxygens (including phenoxy) is 2. The van der Waals surface area contributed by atoms with Crippen molar-refractivity contribution in [2.45, 2.75) is 50.9 Å². The van der Waals surface area contributed by atoms with Gasteiger partial charge < -0.3 is 14.4 Å². The average Bonchev–Trinajstić information content (AvgIpc) is 3.08. The Kier molecular flexibility index (Phi) is 4.56. The fraction of sp³-hybridized carbons (Fsp3) is 0.556. The van der Waals surface area contributed by atoms with Crippen LogP contribution in [0, 0.1) is 0 Å². The first-order valence-corrected chi connectivity index (χ1v) is 8.92. The number of rotatable bonds is 3. The number of hydrogen-bond donors (Lipinski definition) is 0. The number of carbonyl (C=O) groups is 4. The second kappa shape index (κ2) is 6.32. The van der Waals surface area contributed by atoms with E-state index >= 15 is 0 Å². The minimum absolute atomic E-state index is 0.0324. The number of fused-ring (bicyclic) bond motifs is 1. The lowest BCUT2D eigenvalue weighted by Gasteiger charge is -2.43. The lowest BCUT2D eigenvalue weighted by atomic mass is 9.75. The largest absolute Gasteiger partial charge is 0.442 e. The van der Waals surface area contributed by atoms with Crippen LogP contribution in [-0.4, -0.2) is 53.2 Å². The van der Waals surface area contributed by atoms with Crippen molar-refractivity contribution in [2.24, 2.45) is 0 Å². The summed E-state index contributed by atoms with van der Waals surface area (Å²) in [7, 11) is 1.63. The van der Waals surface area contributed by atoms with Gasteiger partial charge in [-0.15, -0.1) is 0 Å². The fourth-order valence-corrected chi connectivity index (χ4v) is 3.94. The monoisotopic (exact) mass is 381 g/mol. The highest BCUT2D eigenvalue weighted by atomic mass is 35.5. The number of likely N-dealkylation sites (N-methyl/N-ethyl adjacent to an activating group) is 1. The molecule has 0 amide bonds. The highest BCUT2D eigenvalue weighted by Crippen LogP contribution is 2.44. The second-order valence-electron chi connectivity index (χ2n) is 6.82. The topological polar surface area (TPSA) is 90.0 Å². The van der Waals surface area contributed by atoms with E-state index in [1.54, 1.807) is 14.0 Å². The molecule has 2 atom stereocenters. The highest BCUT2D eigenvalue weighted by molar-refractivity contribution is 6.51. The van der Waals surface area contributed by atoms with Crippen LogP contribution in [0.5, 0.6) is 0 Å². The molecule has 0 aromatic heterocycles. The zero-order valence-electron chi connectivity index (χ0n) is 14.9. The van der Waals surface area contributed by atoms with Crippen LogP contribution < -0.4 is 0 Å². The Morgan fingerprint density at radius 2 is 2.00 bits per heavy atom. The fourth-order valence-electron chi connectivity index (χ4n) is 3.57.